The maximum absolute atomic E-state index is 12.9. The monoisotopic (exact) mass is 364 g/mol. The van der Waals surface area contributed by atoms with E-state index in [9.17, 15) is 9.59 Å². The van der Waals surface area contributed by atoms with Crippen molar-refractivity contribution in [2.24, 2.45) is 0 Å². The number of ether oxygens (including phenoxy) is 3. The fourth-order valence-electron chi connectivity index (χ4n) is 3.15. The van der Waals surface area contributed by atoms with Crippen LogP contribution in [0.2, 0.25) is 0 Å². The molecular formula is C19H28N2O5. The fraction of sp³-hybridized carbons (Fsp3) is 0.579. The second-order valence-electron chi connectivity index (χ2n) is 6.35. The molecule has 1 fully saturated rings. The Labute approximate surface area is 154 Å². The lowest BCUT2D eigenvalue weighted by Gasteiger charge is -2.34. The first-order valence-corrected chi connectivity index (χ1v) is 8.89. The van der Waals surface area contributed by atoms with Gasteiger partial charge in [-0.25, -0.2) is 0 Å². The third-order valence-corrected chi connectivity index (χ3v) is 4.64. The largest absolute Gasteiger partial charge is 0.497 e. The summed E-state index contributed by atoms with van der Waals surface area (Å²) in [5.74, 6) is 0.838. The standard InChI is InChI=1S/C19H28N2O5/c1-5-26-12-6-11-20-18(23)19(2)10-9-17(22)21(19)15-13-14(24-3)7-8-16(15)25-4/h7-8,13H,5-6,9-12H2,1-4H3,(H,20,23)/t19-/m1/s1. The van der Waals surface area contributed by atoms with Gasteiger partial charge in [0, 0.05) is 32.2 Å². The molecule has 0 aliphatic carbocycles. The molecule has 1 N–H and O–H groups in total. The molecule has 0 bridgehead atoms. The Balaban J connectivity index is 2.23. The third kappa shape index (κ3) is 4.09. The molecule has 1 aliphatic rings. The number of hydrogen-bond acceptors (Lipinski definition) is 5. The van der Waals surface area contributed by atoms with E-state index in [1.165, 1.54) is 12.0 Å². The van der Waals surface area contributed by atoms with Gasteiger partial charge in [-0.2, -0.15) is 0 Å². The van der Waals surface area contributed by atoms with Crippen LogP contribution in [0, 0.1) is 0 Å². The number of hydrogen-bond donors (Lipinski definition) is 1. The number of nitrogens with zero attached hydrogens (tertiary/aromatic N) is 1. The molecule has 1 saturated heterocycles. The van der Waals surface area contributed by atoms with E-state index in [0.717, 1.165) is 6.42 Å². The molecule has 2 rings (SSSR count). The molecule has 26 heavy (non-hydrogen) atoms. The summed E-state index contributed by atoms with van der Waals surface area (Å²) < 4.78 is 16.0. The van der Waals surface area contributed by atoms with E-state index in [1.54, 1.807) is 32.2 Å². The second-order valence-corrected chi connectivity index (χ2v) is 6.35. The Hall–Kier alpha value is -2.28. The average molecular weight is 364 g/mol. The lowest BCUT2D eigenvalue weighted by molar-refractivity contribution is -0.127. The predicted molar refractivity (Wildman–Crippen MR) is 98.8 cm³/mol. The molecule has 7 heteroatoms. The van der Waals surface area contributed by atoms with E-state index >= 15 is 0 Å². The lowest BCUT2D eigenvalue weighted by Crippen LogP contribution is -2.55. The SMILES string of the molecule is CCOCCCNC(=O)[C@@]1(C)CCC(=O)N1c1cc(OC)ccc1OC. The van der Waals surface area contributed by atoms with Crippen molar-refractivity contribution >= 4 is 17.5 Å². The van der Waals surface area contributed by atoms with E-state index in [2.05, 4.69) is 5.32 Å². The average Bonchev–Trinajstić information content (AvgIpc) is 2.96. The zero-order valence-corrected chi connectivity index (χ0v) is 16.0. The van der Waals surface area contributed by atoms with E-state index < -0.39 is 5.54 Å². The molecule has 7 nitrogen and oxygen atoms in total. The summed E-state index contributed by atoms with van der Waals surface area (Å²) in [6.45, 7) is 5.48. The Morgan fingerprint density at radius 2 is 2.08 bits per heavy atom. The summed E-state index contributed by atoms with van der Waals surface area (Å²) in [5, 5.41) is 2.93. The Morgan fingerprint density at radius 3 is 2.73 bits per heavy atom. The molecule has 0 radical (unpaired) electrons. The van der Waals surface area contributed by atoms with Crippen LogP contribution < -0.4 is 19.7 Å². The molecule has 1 aromatic carbocycles. The van der Waals surface area contributed by atoms with Gasteiger partial charge in [0.15, 0.2) is 0 Å². The number of anilines is 1. The fourth-order valence-corrected chi connectivity index (χ4v) is 3.15. The van der Waals surface area contributed by atoms with Crippen LogP contribution in [0.4, 0.5) is 5.69 Å². The van der Waals surface area contributed by atoms with Crippen LogP contribution in [0.1, 0.15) is 33.1 Å². The molecule has 0 spiro atoms. The van der Waals surface area contributed by atoms with Crippen LogP contribution in [0.25, 0.3) is 0 Å². The summed E-state index contributed by atoms with van der Waals surface area (Å²) >= 11 is 0. The van der Waals surface area contributed by atoms with Gasteiger partial charge in [0.1, 0.15) is 17.0 Å². The molecular weight excluding hydrogens is 336 g/mol. The van der Waals surface area contributed by atoms with Crippen molar-refractivity contribution in [3.8, 4) is 11.5 Å². The van der Waals surface area contributed by atoms with Gasteiger partial charge in [0.25, 0.3) is 0 Å². The topological polar surface area (TPSA) is 77.1 Å². The van der Waals surface area contributed by atoms with Crippen LogP contribution >= 0.6 is 0 Å². The van der Waals surface area contributed by atoms with Gasteiger partial charge in [-0.15, -0.1) is 0 Å². The van der Waals surface area contributed by atoms with Crippen molar-refractivity contribution < 1.29 is 23.8 Å². The van der Waals surface area contributed by atoms with Gasteiger partial charge in [-0.3, -0.25) is 14.5 Å². The van der Waals surface area contributed by atoms with Crippen molar-refractivity contribution in [2.75, 3.05) is 38.9 Å². The second kappa shape index (κ2) is 8.89. The quantitative estimate of drug-likeness (QED) is 0.679. The van der Waals surface area contributed by atoms with Crippen molar-refractivity contribution in [1.29, 1.82) is 0 Å². The van der Waals surface area contributed by atoms with Crippen molar-refractivity contribution in [3.05, 3.63) is 18.2 Å². The number of carbonyl (C=O) groups is 2. The molecule has 0 aromatic heterocycles. The number of nitrogens with one attached hydrogen (secondary N) is 1. The maximum Gasteiger partial charge on any atom is 0.246 e. The molecule has 0 unspecified atom stereocenters. The highest BCUT2D eigenvalue weighted by Gasteiger charge is 2.49. The summed E-state index contributed by atoms with van der Waals surface area (Å²) in [5.41, 5.74) is -0.427. The minimum absolute atomic E-state index is 0.108. The van der Waals surface area contributed by atoms with E-state index in [4.69, 9.17) is 14.2 Å². The summed E-state index contributed by atoms with van der Waals surface area (Å²) in [4.78, 5) is 27.0. The number of benzene rings is 1. The minimum atomic E-state index is -0.970. The number of methoxy groups -OCH3 is 2. The normalized spacial score (nSPS) is 19.5. The number of rotatable bonds is 9. The molecule has 1 aromatic rings. The van der Waals surface area contributed by atoms with Crippen LogP contribution in [0.15, 0.2) is 18.2 Å². The highest BCUT2D eigenvalue weighted by molar-refractivity contribution is 6.07. The van der Waals surface area contributed by atoms with Gasteiger partial charge in [0.05, 0.1) is 19.9 Å². The molecule has 2 amide bonds. The zero-order valence-electron chi connectivity index (χ0n) is 16.0. The van der Waals surface area contributed by atoms with Crippen molar-refractivity contribution in [2.45, 2.75) is 38.6 Å². The highest BCUT2D eigenvalue weighted by atomic mass is 16.5. The van der Waals surface area contributed by atoms with Gasteiger partial charge in [-0.05, 0) is 38.8 Å². The zero-order chi connectivity index (χ0) is 19.2. The van der Waals surface area contributed by atoms with E-state index in [0.29, 0.717) is 49.8 Å². The van der Waals surface area contributed by atoms with Crippen LogP contribution in [0.3, 0.4) is 0 Å². The molecule has 144 valence electrons. The Bertz CT molecular complexity index is 649. The number of amides is 2. The van der Waals surface area contributed by atoms with Crippen molar-refractivity contribution in [3.63, 3.8) is 0 Å². The van der Waals surface area contributed by atoms with E-state index in [1.807, 2.05) is 6.92 Å². The first kappa shape index (κ1) is 20.0. The van der Waals surface area contributed by atoms with Crippen LogP contribution in [0.5, 0.6) is 11.5 Å². The third-order valence-electron chi connectivity index (χ3n) is 4.64. The van der Waals surface area contributed by atoms with Gasteiger partial charge in [0.2, 0.25) is 11.8 Å². The Morgan fingerprint density at radius 1 is 1.31 bits per heavy atom. The molecule has 1 heterocycles. The van der Waals surface area contributed by atoms with Crippen molar-refractivity contribution in [1.82, 2.24) is 5.32 Å². The predicted octanol–water partition coefficient (Wildman–Crippen LogP) is 2.13. The van der Waals surface area contributed by atoms with Crippen LogP contribution in [-0.2, 0) is 14.3 Å². The lowest BCUT2D eigenvalue weighted by atomic mass is 9.96. The summed E-state index contributed by atoms with van der Waals surface area (Å²) in [7, 11) is 3.10. The molecule has 1 aliphatic heterocycles. The highest BCUT2D eigenvalue weighted by Crippen LogP contribution is 2.41. The van der Waals surface area contributed by atoms with Gasteiger partial charge in [-0.1, -0.05) is 0 Å². The summed E-state index contributed by atoms with van der Waals surface area (Å²) in [6, 6.07) is 5.22. The summed E-state index contributed by atoms with van der Waals surface area (Å²) in [6.07, 6.45) is 1.48. The molecule has 0 saturated carbocycles. The number of carbonyl (C=O) groups excluding carboxylic acids is 2. The maximum atomic E-state index is 12.9. The van der Waals surface area contributed by atoms with Crippen LogP contribution in [-0.4, -0.2) is 51.3 Å². The Kier molecular flexibility index (Phi) is 6.85. The molecule has 1 atom stereocenters. The smallest absolute Gasteiger partial charge is 0.246 e. The minimum Gasteiger partial charge on any atom is -0.497 e. The van der Waals surface area contributed by atoms with E-state index in [-0.39, 0.29) is 11.8 Å². The first-order chi connectivity index (χ1) is 12.5. The van der Waals surface area contributed by atoms with Gasteiger partial charge < -0.3 is 19.5 Å². The first-order valence-electron chi connectivity index (χ1n) is 8.89. The van der Waals surface area contributed by atoms with Gasteiger partial charge >= 0.3 is 0 Å².